The predicted molar refractivity (Wildman–Crippen MR) is 55.0 cm³/mol. The summed E-state index contributed by atoms with van der Waals surface area (Å²) in [7, 11) is 0. The van der Waals surface area contributed by atoms with Crippen molar-refractivity contribution < 1.29 is 14.6 Å². The minimum Gasteiger partial charge on any atom is -0.392 e. The van der Waals surface area contributed by atoms with E-state index in [-0.39, 0.29) is 12.5 Å². The van der Waals surface area contributed by atoms with Gasteiger partial charge in [-0.2, -0.15) is 0 Å². The SMILES string of the molecule is CCCCOC(C)C(=O)NCC(C)O. The third-order valence-corrected chi connectivity index (χ3v) is 1.81. The molecule has 0 bridgehead atoms. The second-order valence-electron chi connectivity index (χ2n) is 3.46. The molecule has 0 aliphatic carbocycles. The highest BCUT2D eigenvalue weighted by atomic mass is 16.5. The lowest BCUT2D eigenvalue weighted by atomic mass is 10.3. The van der Waals surface area contributed by atoms with Gasteiger partial charge in [0.15, 0.2) is 0 Å². The lowest BCUT2D eigenvalue weighted by Crippen LogP contribution is -2.38. The van der Waals surface area contributed by atoms with Crippen LogP contribution in [0.2, 0.25) is 0 Å². The number of hydrogen-bond acceptors (Lipinski definition) is 3. The Morgan fingerprint density at radius 1 is 1.50 bits per heavy atom. The fraction of sp³-hybridized carbons (Fsp3) is 0.900. The number of hydrogen-bond donors (Lipinski definition) is 2. The van der Waals surface area contributed by atoms with E-state index in [1.54, 1.807) is 13.8 Å². The Labute approximate surface area is 85.6 Å². The maximum atomic E-state index is 11.3. The van der Waals surface area contributed by atoms with Crippen molar-refractivity contribution in [2.45, 2.75) is 45.8 Å². The zero-order chi connectivity index (χ0) is 11.0. The van der Waals surface area contributed by atoms with E-state index in [0.717, 1.165) is 12.8 Å². The number of carbonyl (C=O) groups is 1. The highest BCUT2D eigenvalue weighted by molar-refractivity contribution is 5.80. The standard InChI is InChI=1S/C10H21NO3/c1-4-5-6-14-9(3)10(13)11-7-8(2)12/h8-9,12H,4-7H2,1-3H3,(H,11,13). The Morgan fingerprint density at radius 2 is 2.14 bits per heavy atom. The third kappa shape index (κ3) is 6.86. The molecule has 0 aliphatic heterocycles. The molecule has 0 spiro atoms. The molecule has 2 atom stereocenters. The van der Waals surface area contributed by atoms with E-state index in [1.807, 2.05) is 0 Å². The molecule has 2 unspecified atom stereocenters. The molecule has 0 fully saturated rings. The van der Waals surface area contributed by atoms with Gasteiger partial charge in [-0.05, 0) is 20.3 Å². The molecule has 4 nitrogen and oxygen atoms in total. The Morgan fingerprint density at radius 3 is 2.64 bits per heavy atom. The van der Waals surface area contributed by atoms with Crippen LogP contribution in [0.5, 0.6) is 0 Å². The molecule has 1 amide bonds. The van der Waals surface area contributed by atoms with Gasteiger partial charge in [0.1, 0.15) is 6.10 Å². The van der Waals surface area contributed by atoms with Gasteiger partial charge >= 0.3 is 0 Å². The van der Waals surface area contributed by atoms with Gasteiger partial charge in [0.05, 0.1) is 6.10 Å². The molecule has 0 radical (unpaired) electrons. The number of amides is 1. The van der Waals surface area contributed by atoms with Gasteiger partial charge in [0.25, 0.3) is 0 Å². The van der Waals surface area contributed by atoms with Crippen LogP contribution in [0.25, 0.3) is 0 Å². The first kappa shape index (κ1) is 13.4. The quantitative estimate of drug-likeness (QED) is 0.598. The molecular weight excluding hydrogens is 182 g/mol. The van der Waals surface area contributed by atoms with Crippen molar-refractivity contribution in [3.05, 3.63) is 0 Å². The van der Waals surface area contributed by atoms with E-state index in [4.69, 9.17) is 9.84 Å². The summed E-state index contributed by atoms with van der Waals surface area (Å²) in [6, 6.07) is 0. The Bertz CT molecular complexity index is 159. The summed E-state index contributed by atoms with van der Waals surface area (Å²) in [6.07, 6.45) is 1.08. The van der Waals surface area contributed by atoms with Gasteiger partial charge in [-0.3, -0.25) is 4.79 Å². The predicted octanol–water partition coefficient (Wildman–Crippen LogP) is 0.689. The van der Waals surface area contributed by atoms with Gasteiger partial charge in [0, 0.05) is 13.2 Å². The average Bonchev–Trinajstić information content (AvgIpc) is 2.14. The molecule has 0 saturated heterocycles. The van der Waals surface area contributed by atoms with Crippen LogP contribution in [0.15, 0.2) is 0 Å². The van der Waals surface area contributed by atoms with Crippen molar-refractivity contribution in [1.82, 2.24) is 5.32 Å². The minimum absolute atomic E-state index is 0.165. The largest absolute Gasteiger partial charge is 0.392 e. The second kappa shape index (κ2) is 7.76. The van der Waals surface area contributed by atoms with Crippen LogP contribution in [-0.2, 0) is 9.53 Å². The molecule has 0 heterocycles. The highest BCUT2D eigenvalue weighted by Crippen LogP contribution is 1.95. The summed E-state index contributed by atoms with van der Waals surface area (Å²) < 4.78 is 5.28. The summed E-state index contributed by atoms with van der Waals surface area (Å²) in [5.74, 6) is -0.165. The van der Waals surface area contributed by atoms with Gasteiger partial charge in [-0.25, -0.2) is 0 Å². The number of aliphatic hydroxyl groups excluding tert-OH is 1. The molecule has 14 heavy (non-hydrogen) atoms. The smallest absolute Gasteiger partial charge is 0.248 e. The molecule has 0 aromatic heterocycles. The lowest BCUT2D eigenvalue weighted by molar-refractivity contribution is -0.132. The van der Waals surface area contributed by atoms with Crippen molar-refractivity contribution in [3.63, 3.8) is 0 Å². The molecule has 0 aromatic carbocycles. The maximum absolute atomic E-state index is 11.3. The average molecular weight is 203 g/mol. The third-order valence-electron chi connectivity index (χ3n) is 1.81. The molecule has 0 aromatic rings. The van der Waals surface area contributed by atoms with Crippen LogP contribution >= 0.6 is 0 Å². The van der Waals surface area contributed by atoms with Gasteiger partial charge in [-0.1, -0.05) is 13.3 Å². The zero-order valence-corrected chi connectivity index (χ0v) is 9.25. The fourth-order valence-corrected chi connectivity index (χ4v) is 0.872. The van der Waals surface area contributed by atoms with Crippen LogP contribution in [0, 0.1) is 0 Å². The van der Waals surface area contributed by atoms with E-state index in [2.05, 4.69) is 12.2 Å². The number of ether oxygens (including phenoxy) is 1. The number of aliphatic hydroxyl groups is 1. The van der Waals surface area contributed by atoms with Crippen molar-refractivity contribution in [1.29, 1.82) is 0 Å². The minimum atomic E-state index is -0.512. The van der Waals surface area contributed by atoms with E-state index >= 15 is 0 Å². The fourth-order valence-electron chi connectivity index (χ4n) is 0.872. The van der Waals surface area contributed by atoms with Crippen LogP contribution in [0.3, 0.4) is 0 Å². The number of unbranched alkanes of at least 4 members (excludes halogenated alkanes) is 1. The summed E-state index contributed by atoms with van der Waals surface area (Å²) in [5.41, 5.74) is 0. The van der Waals surface area contributed by atoms with E-state index in [1.165, 1.54) is 0 Å². The van der Waals surface area contributed by atoms with Crippen molar-refractivity contribution in [2.75, 3.05) is 13.2 Å². The lowest BCUT2D eigenvalue weighted by Gasteiger charge is -2.13. The topological polar surface area (TPSA) is 58.6 Å². The second-order valence-corrected chi connectivity index (χ2v) is 3.46. The van der Waals surface area contributed by atoms with Crippen LogP contribution in [0.1, 0.15) is 33.6 Å². The summed E-state index contributed by atoms with van der Waals surface area (Å²) in [6.45, 7) is 6.30. The number of nitrogens with one attached hydrogen (secondary N) is 1. The van der Waals surface area contributed by atoms with Crippen molar-refractivity contribution >= 4 is 5.91 Å². The molecule has 0 aliphatic rings. The van der Waals surface area contributed by atoms with Gasteiger partial charge in [-0.15, -0.1) is 0 Å². The molecule has 2 N–H and O–H groups in total. The molecular formula is C10H21NO3. The van der Waals surface area contributed by atoms with E-state index in [0.29, 0.717) is 6.61 Å². The van der Waals surface area contributed by atoms with E-state index in [9.17, 15) is 4.79 Å². The maximum Gasteiger partial charge on any atom is 0.248 e. The zero-order valence-electron chi connectivity index (χ0n) is 9.25. The van der Waals surface area contributed by atoms with Gasteiger partial charge < -0.3 is 15.2 Å². The Balaban J connectivity index is 3.54. The summed E-state index contributed by atoms with van der Waals surface area (Å²) in [4.78, 5) is 11.3. The Hall–Kier alpha value is -0.610. The molecule has 0 saturated carbocycles. The molecule has 84 valence electrons. The molecule has 0 rings (SSSR count). The summed E-state index contributed by atoms with van der Waals surface area (Å²) in [5, 5.41) is 11.5. The van der Waals surface area contributed by atoms with Crippen molar-refractivity contribution in [2.24, 2.45) is 0 Å². The first-order chi connectivity index (χ1) is 6.57. The van der Waals surface area contributed by atoms with Crippen LogP contribution in [0.4, 0.5) is 0 Å². The first-order valence-corrected chi connectivity index (χ1v) is 5.15. The number of rotatable bonds is 7. The summed E-state index contributed by atoms with van der Waals surface area (Å²) >= 11 is 0. The van der Waals surface area contributed by atoms with Crippen LogP contribution in [-0.4, -0.2) is 36.4 Å². The normalized spacial score (nSPS) is 14.9. The number of carbonyl (C=O) groups excluding carboxylic acids is 1. The van der Waals surface area contributed by atoms with Crippen molar-refractivity contribution in [3.8, 4) is 0 Å². The first-order valence-electron chi connectivity index (χ1n) is 5.15. The van der Waals surface area contributed by atoms with E-state index < -0.39 is 12.2 Å². The van der Waals surface area contributed by atoms with Crippen LogP contribution < -0.4 is 5.32 Å². The molecule has 4 heteroatoms. The monoisotopic (exact) mass is 203 g/mol. The van der Waals surface area contributed by atoms with Gasteiger partial charge in [0.2, 0.25) is 5.91 Å². The Kier molecular flexibility index (Phi) is 7.42. The highest BCUT2D eigenvalue weighted by Gasteiger charge is 2.12.